The Hall–Kier alpha value is -0.870. The summed E-state index contributed by atoms with van der Waals surface area (Å²) < 4.78 is 1.06. The number of hydrogen-bond acceptors (Lipinski definition) is 2. The van der Waals surface area contributed by atoms with E-state index < -0.39 is 0 Å². The highest BCUT2D eigenvalue weighted by Crippen LogP contribution is 2.11. The van der Waals surface area contributed by atoms with E-state index in [1.54, 1.807) is 0 Å². The van der Waals surface area contributed by atoms with Gasteiger partial charge in [0.15, 0.2) is 0 Å². The van der Waals surface area contributed by atoms with Crippen molar-refractivity contribution in [2.75, 3.05) is 6.54 Å². The van der Waals surface area contributed by atoms with Crippen molar-refractivity contribution in [3.63, 3.8) is 0 Å². The number of halogens is 1. The molecule has 0 aliphatic heterocycles. The van der Waals surface area contributed by atoms with Crippen molar-refractivity contribution in [3.8, 4) is 0 Å². The minimum absolute atomic E-state index is 0.0611. The van der Waals surface area contributed by atoms with Gasteiger partial charge in [0, 0.05) is 17.1 Å². The average molecular weight is 313 g/mol. The molecule has 1 amide bonds. The number of nitrogens with one attached hydrogen (secondary N) is 2. The van der Waals surface area contributed by atoms with E-state index in [1.165, 1.54) is 5.56 Å². The Balaban J connectivity index is 2.23. The highest BCUT2D eigenvalue weighted by Gasteiger charge is 2.05. The fraction of sp³-hybridized carbons (Fsp3) is 0.500. The minimum atomic E-state index is 0.0611. The second kappa shape index (κ2) is 8.27. The molecule has 3 nitrogen and oxygen atoms in total. The quantitative estimate of drug-likeness (QED) is 0.813. The van der Waals surface area contributed by atoms with Crippen molar-refractivity contribution in [1.29, 1.82) is 0 Å². The normalized spacial score (nSPS) is 12.2. The lowest BCUT2D eigenvalue weighted by molar-refractivity contribution is -0.120. The monoisotopic (exact) mass is 312 g/mol. The number of hydrogen-bond donors (Lipinski definition) is 2. The van der Waals surface area contributed by atoms with Crippen molar-refractivity contribution >= 4 is 21.8 Å². The Morgan fingerprint density at radius 3 is 2.89 bits per heavy atom. The molecular formula is C14H21BrN2O. The van der Waals surface area contributed by atoms with E-state index in [9.17, 15) is 4.79 Å². The average Bonchev–Trinajstić information content (AvgIpc) is 2.29. The second-order valence-electron chi connectivity index (χ2n) is 4.49. The van der Waals surface area contributed by atoms with Crippen LogP contribution in [0.2, 0.25) is 0 Å². The van der Waals surface area contributed by atoms with Crippen molar-refractivity contribution in [3.05, 3.63) is 34.3 Å². The van der Waals surface area contributed by atoms with Gasteiger partial charge in [-0.2, -0.15) is 0 Å². The van der Waals surface area contributed by atoms with E-state index >= 15 is 0 Å². The number of benzene rings is 1. The van der Waals surface area contributed by atoms with Gasteiger partial charge in [0.2, 0.25) is 5.91 Å². The fourth-order valence-corrected chi connectivity index (χ4v) is 2.24. The molecule has 0 aliphatic rings. The van der Waals surface area contributed by atoms with Gasteiger partial charge in [-0.15, -0.1) is 0 Å². The maximum absolute atomic E-state index is 11.6. The first-order chi connectivity index (χ1) is 8.61. The zero-order valence-electron chi connectivity index (χ0n) is 11.0. The SMILES string of the molecule is CCCC(C)NC(=O)CNCc1cccc(Br)c1. The van der Waals surface area contributed by atoms with Gasteiger partial charge in [-0.25, -0.2) is 0 Å². The molecule has 1 unspecified atom stereocenters. The van der Waals surface area contributed by atoms with Crippen LogP contribution in [0.5, 0.6) is 0 Å². The lowest BCUT2D eigenvalue weighted by atomic mass is 10.2. The zero-order valence-corrected chi connectivity index (χ0v) is 12.6. The maximum Gasteiger partial charge on any atom is 0.234 e. The van der Waals surface area contributed by atoms with Crippen molar-refractivity contribution in [2.24, 2.45) is 0 Å². The van der Waals surface area contributed by atoms with Gasteiger partial charge in [0.1, 0.15) is 0 Å². The molecule has 0 aromatic heterocycles. The molecule has 0 fully saturated rings. The summed E-state index contributed by atoms with van der Waals surface area (Å²) in [6.45, 7) is 5.22. The van der Waals surface area contributed by atoms with E-state index in [2.05, 4.69) is 33.5 Å². The largest absolute Gasteiger partial charge is 0.353 e. The zero-order chi connectivity index (χ0) is 13.4. The maximum atomic E-state index is 11.6. The van der Waals surface area contributed by atoms with Crippen molar-refractivity contribution < 1.29 is 4.79 Å². The first-order valence-corrected chi connectivity index (χ1v) is 7.15. The van der Waals surface area contributed by atoms with E-state index in [4.69, 9.17) is 0 Å². The summed E-state index contributed by atoms with van der Waals surface area (Å²) in [5, 5.41) is 6.11. The first kappa shape index (κ1) is 15.2. The van der Waals surface area contributed by atoms with Crippen LogP contribution in [-0.4, -0.2) is 18.5 Å². The molecule has 0 radical (unpaired) electrons. The van der Waals surface area contributed by atoms with E-state index in [1.807, 2.05) is 31.2 Å². The number of carbonyl (C=O) groups is 1. The third-order valence-electron chi connectivity index (χ3n) is 2.63. The topological polar surface area (TPSA) is 41.1 Å². The highest BCUT2D eigenvalue weighted by atomic mass is 79.9. The molecule has 1 aromatic rings. The molecule has 0 saturated heterocycles. The van der Waals surface area contributed by atoms with E-state index in [0.717, 1.165) is 17.3 Å². The smallest absolute Gasteiger partial charge is 0.234 e. The van der Waals surface area contributed by atoms with Crippen LogP contribution in [-0.2, 0) is 11.3 Å². The molecule has 0 spiro atoms. The summed E-state index contributed by atoms with van der Waals surface area (Å²) in [7, 11) is 0. The lowest BCUT2D eigenvalue weighted by Gasteiger charge is -2.13. The lowest BCUT2D eigenvalue weighted by Crippen LogP contribution is -2.38. The molecule has 0 bridgehead atoms. The summed E-state index contributed by atoms with van der Waals surface area (Å²) in [5.74, 6) is 0.0611. The van der Waals surface area contributed by atoms with Gasteiger partial charge in [-0.1, -0.05) is 41.4 Å². The van der Waals surface area contributed by atoms with Crippen molar-refractivity contribution in [2.45, 2.75) is 39.3 Å². The van der Waals surface area contributed by atoms with Crippen molar-refractivity contribution in [1.82, 2.24) is 10.6 Å². The Morgan fingerprint density at radius 2 is 2.22 bits per heavy atom. The predicted molar refractivity (Wildman–Crippen MR) is 78.4 cm³/mol. The Kier molecular flexibility index (Phi) is 6.98. The highest BCUT2D eigenvalue weighted by molar-refractivity contribution is 9.10. The van der Waals surface area contributed by atoms with Gasteiger partial charge >= 0.3 is 0 Å². The Labute approximate surface area is 117 Å². The fourth-order valence-electron chi connectivity index (χ4n) is 1.80. The first-order valence-electron chi connectivity index (χ1n) is 6.36. The van der Waals surface area contributed by atoms with Crippen LogP contribution < -0.4 is 10.6 Å². The summed E-state index contributed by atoms with van der Waals surface area (Å²) in [4.78, 5) is 11.6. The van der Waals surface area contributed by atoms with Gasteiger partial charge in [-0.3, -0.25) is 4.79 Å². The van der Waals surface area contributed by atoms with Gasteiger partial charge < -0.3 is 10.6 Å². The van der Waals surface area contributed by atoms with Crippen LogP contribution in [0, 0.1) is 0 Å². The van der Waals surface area contributed by atoms with Crippen LogP contribution in [0.4, 0.5) is 0 Å². The van der Waals surface area contributed by atoms with Crippen LogP contribution >= 0.6 is 15.9 Å². The van der Waals surface area contributed by atoms with Gasteiger partial charge in [0.25, 0.3) is 0 Å². The van der Waals surface area contributed by atoms with Crippen LogP contribution in [0.25, 0.3) is 0 Å². The molecule has 4 heteroatoms. The van der Waals surface area contributed by atoms with E-state index in [-0.39, 0.29) is 11.9 Å². The van der Waals surface area contributed by atoms with Crippen LogP contribution in [0.1, 0.15) is 32.3 Å². The molecule has 100 valence electrons. The molecule has 1 rings (SSSR count). The summed E-state index contributed by atoms with van der Waals surface area (Å²) in [6, 6.07) is 8.32. The molecule has 1 aromatic carbocycles. The Bertz CT molecular complexity index is 382. The second-order valence-corrected chi connectivity index (χ2v) is 5.41. The van der Waals surface area contributed by atoms with Crippen LogP contribution in [0.15, 0.2) is 28.7 Å². The standard InChI is InChI=1S/C14H21BrN2O/c1-3-5-11(2)17-14(18)10-16-9-12-6-4-7-13(15)8-12/h4,6-8,11,16H,3,5,9-10H2,1-2H3,(H,17,18). The number of carbonyl (C=O) groups excluding carboxylic acids is 1. The summed E-state index contributed by atoms with van der Waals surface area (Å²) in [6.07, 6.45) is 2.12. The Morgan fingerprint density at radius 1 is 1.44 bits per heavy atom. The van der Waals surface area contributed by atoms with Gasteiger partial charge in [0.05, 0.1) is 6.54 Å². The molecule has 1 atom stereocenters. The molecule has 18 heavy (non-hydrogen) atoms. The molecule has 0 saturated carbocycles. The predicted octanol–water partition coefficient (Wildman–Crippen LogP) is 2.84. The number of amides is 1. The molecule has 2 N–H and O–H groups in total. The minimum Gasteiger partial charge on any atom is -0.353 e. The molecular weight excluding hydrogens is 292 g/mol. The number of rotatable bonds is 7. The summed E-state index contributed by atoms with van der Waals surface area (Å²) >= 11 is 3.43. The summed E-state index contributed by atoms with van der Waals surface area (Å²) in [5.41, 5.74) is 1.17. The third-order valence-corrected chi connectivity index (χ3v) is 3.13. The van der Waals surface area contributed by atoms with Gasteiger partial charge in [-0.05, 0) is 31.0 Å². The van der Waals surface area contributed by atoms with Crippen LogP contribution in [0.3, 0.4) is 0 Å². The molecule has 0 aliphatic carbocycles. The van der Waals surface area contributed by atoms with E-state index in [0.29, 0.717) is 13.1 Å². The molecule has 0 heterocycles. The third kappa shape index (κ3) is 6.17.